The van der Waals surface area contributed by atoms with Gasteiger partial charge in [-0.25, -0.2) is 4.79 Å². The molecule has 1 aromatic carbocycles. The minimum absolute atomic E-state index is 0.227. The maximum absolute atomic E-state index is 12.3. The lowest BCUT2D eigenvalue weighted by Gasteiger charge is -2.37. The van der Waals surface area contributed by atoms with E-state index in [1.54, 1.807) is 6.20 Å². The molecule has 1 aromatic heterocycles. The molecule has 0 amide bonds. The van der Waals surface area contributed by atoms with Crippen molar-refractivity contribution < 1.29 is 14.1 Å². The molecule has 114 valence electrons. The van der Waals surface area contributed by atoms with Crippen molar-refractivity contribution in [2.45, 2.75) is 25.9 Å². The molecule has 0 saturated carbocycles. The molecule has 22 heavy (non-hydrogen) atoms. The lowest BCUT2D eigenvalue weighted by atomic mass is 9.93. The molecular formula is C17H18N2O3. The lowest BCUT2D eigenvalue weighted by Crippen LogP contribution is -2.45. The van der Waals surface area contributed by atoms with Crippen LogP contribution in [-0.2, 0) is 22.5 Å². The van der Waals surface area contributed by atoms with Crippen LogP contribution in [-0.4, -0.2) is 28.7 Å². The first-order valence-electron chi connectivity index (χ1n) is 7.29. The second-order valence-corrected chi connectivity index (χ2v) is 5.23. The second-order valence-electron chi connectivity index (χ2n) is 5.23. The number of hydrogen-bond donors (Lipinski definition) is 0. The van der Waals surface area contributed by atoms with Crippen LogP contribution in [0.1, 0.15) is 23.6 Å². The Hall–Kier alpha value is -2.56. The third-order valence-corrected chi connectivity index (χ3v) is 3.92. The van der Waals surface area contributed by atoms with Crippen LogP contribution in [0.5, 0.6) is 0 Å². The number of fused-ring (bicyclic) bond motifs is 1. The fourth-order valence-corrected chi connectivity index (χ4v) is 2.77. The number of benzene rings is 1. The standard InChI is InChI=1S/C17H18N2O3/c1-3-21-17(20)16-8-13-6-4-5-7-14(13)10-19(16)12(2)15-9-18-22-11-15/h4-7,9,11,16H,2-3,8,10H2,1H3. The molecule has 0 radical (unpaired) electrons. The molecule has 2 aromatic rings. The van der Waals surface area contributed by atoms with Crippen molar-refractivity contribution in [2.24, 2.45) is 0 Å². The van der Waals surface area contributed by atoms with Crippen molar-refractivity contribution in [3.8, 4) is 0 Å². The highest BCUT2D eigenvalue weighted by Gasteiger charge is 2.33. The topological polar surface area (TPSA) is 55.6 Å². The van der Waals surface area contributed by atoms with Gasteiger partial charge in [-0.1, -0.05) is 36.0 Å². The fourth-order valence-electron chi connectivity index (χ4n) is 2.77. The molecule has 1 unspecified atom stereocenters. The Morgan fingerprint density at radius 1 is 1.45 bits per heavy atom. The van der Waals surface area contributed by atoms with Gasteiger partial charge in [0.15, 0.2) is 0 Å². The quantitative estimate of drug-likeness (QED) is 0.812. The zero-order valence-corrected chi connectivity index (χ0v) is 12.5. The predicted molar refractivity (Wildman–Crippen MR) is 81.6 cm³/mol. The van der Waals surface area contributed by atoms with Gasteiger partial charge in [0.05, 0.1) is 18.4 Å². The van der Waals surface area contributed by atoms with Crippen LogP contribution < -0.4 is 0 Å². The second kappa shape index (κ2) is 6.05. The first-order valence-corrected chi connectivity index (χ1v) is 7.29. The number of rotatable bonds is 4. The monoisotopic (exact) mass is 298 g/mol. The van der Waals surface area contributed by atoms with Gasteiger partial charge in [-0.15, -0.1) is 0 Å². The average molecular weight is 298 g/mol. The molecule has 0 bridgehead atoms. The summed E-state index contributed by atoms with van der Waals surface area (Å²) in [6, 6.07) is 7.75. The number of carbonyl (C=O) groups is 1. The summed E-state index contributed by atoms with van der Waals surface area (Å²) in [5.41, 5.74) is 3.86. The summed E-state index contributed by atoms with van der Waals surface area (Å²) in [5.74, 6) is -0.227. The lowest BCUT2D eigenvalue weighted by molar-refractivity contribution is -0.148. The fraction of sp³-hybridized carbons (Fsp3) is 0.294. The smallest absolute Gasteiger partial charge is 0.329 e. The van der Waals surface area contributed by atoms with E-state index in [4.69, 9.17) is 9.26 Å². The van der Waals surface area contributed by atoms with E-state index in [-0.39, 0.29) is 12.0 Å². The highest BCUT2D eigenvalue weighted by Crippen LogP contribution is 2.30. The molecule has 0 spiro atoms. The zero-order valence-electron chi connectivity index (χ0n) is 12.5. The number of carbonyl (C=O) groups excluding carboxylic acids is 1. The van der Waals surface area contributed by atoms with Crippen LogP contribution in [0.2, 0.25) is 0 Å². The van der Waals surface area contributed by atoms with Crippen LogP contribution in [0.25, 0.3) is 5.70 Å². The summed E-state index contributed by atoms with van der Waals surface area (Å²) in [6.07, 6.45) is 3.75. The molecule has 1 atom stereocenters. The molecule has 1 aliphatic heterocycles. The molecule has 2 heterocycles. The van der Waals surface area contributed by atoms with E-state index in [0.717, 1.165) is 5.56 Å². The maximum atomic E-state index is 12.3. The van der Waals surface area contributed by atoms with E-state index in [0.29, 0.717) is 25.3 Å². The van der Waals surface area contributed by atoms with Crippen molar-refractivity contribution in [2.75, 3.05) is 6.61 Å². The van der Waals surface area contributed by atoms with E-state index in [1.165, 1.54) is 17.4 Å². The summed E-state index contributed by atoms with van der Waals surface area (Å²) in [4.78, 5) is 14.3. The van der Waals surface area contributed by atoms with Crippen LogP contribution in [0.4, 0.5) is 0 Å². The Balaban J connectivity index is 1.94. The van der Waals surface area contributed by atoms with Crippen molar-refractivity contribution in [3.05, 3.63) is 60.0 Å². The zero-order chi connectivity index (χ0) is 15.5. The molecule has 0 aliphatic carbocycles. The highest BCUT2D eigenvalue weighted by atomic mass is 16.5. The first kappa shape index (κ1) is 14.4. The maximum Gasteiger partial charge on any atom is 0.329 e. The SMILES string of the molecule is C=C(c1cnoc1)N1Cc2ccccc2CC1C(=O)OCC. The molecule has 5 heteroatoms. The van der Waals surface area contributed by atoms with E-state index in [1.807, 2.05) is 24.0 Å². The van der Waals surface area contributed by atoms with E-state index >= 15 is 0 Å². The van der Waals surface area contributed by atoms with Crippen LogP contribution in [0.3, 0.4) is 0 Å². The van der Waals surface area contributed by atoms with Gasteiger partial charge in [0.2, 0.25) is 0 Å². The van der Waals surface area contributed by atoms with Crippen molar-refractivity contribution >= 4 is 11.7 Å². The van der Waals surface area contributed by atoms with Gasteiger partial charge >= 0.3 is 5.97 Å². The summed E-state index contributed by atoms with van der Waals surface area (Å²) in [7, 11) is 0. The van der Waals surface area contributed by atoms with E-state index < -0.39 is 0 Å². The Morgan fingerprint density at radius 2 is 2.23 bits per heavy atom. The number of ether oxygens (including phenoxy) is 1. The van der Waals surface area contributed by atoms with Gasteiger partial charge < -0.3 is 14.2 Å². The highest BCUT2D eigenvalue weighted by molar-refractivity contribution is 5.79. The number of hydrogen-bond acceptors (Lipinski definition) is 5. The molecule has 0 saturated heterocycles. The van der Waals surface area contributed by atoms with Crippen LogP contribution in [0.15, 0.2) is 47.8 Å². The Kier molecular flexibility index (Phi) is 3.96. The Labute approximate surface area is 129 Å². The van der Waals surface area contributed by atoms with E-state index in [2.05, 4.69) is 23.9 Å². The Morgan fingerprint density at radius 3 is 2.91 bits per heavy atom. The Bertz CT molecular complexity index is 679. The molecule has 5 nitrogen and oxygen atoms in total. The minimum Gasteiger partial charge on any atom is -0.464 e. The summed E-state index contributed by atoms with van der Waals surface area (Å²) >= 11 is 0. The minimum atomic E-state index is -0.378. The first-order chi connectivity index (χ1) is 10.7. The van der Waals surface area contributed by atoms with Gasteiger partial charge in [-0.2, -0.15) is 0 Å². The average Bonchev–Trinajstić information content (AvgIpc) is 3.07. The van der Waals surface area contributed by atoms with Gasteiger partial charge in [0.1, 0.15) is 12.3 Å². The normalized spacial score (nSPS) is 17.0. The largest absolute Gasteiger partial charge is 0.464 e. The summed E-state index contributed by atoms with van der Waals surface area (Å²) in [6.45, 7) is 6.90. The predicted octanol–water partition coefficient (Wildman–Crippen LogP) is 2.64. The van der Waals surface area contributed by atoms with Crippen LogP contribution >= 0.6 is 0 Å². The third kappa shape index (κ3) is 2.62. The van der Waals surface area contributed by atoms with Crippen LogP contribution in [0, 0.1) is 0 Å². The number of esters is 1. The van der Waals surface area contributed by atoms with E-state index in [9.17, 15) is 4.79 Å². The molecular weight excluding hydrogens is 280 g/mol. The van der Waals surface area contributed by atoms with Crippen molar-refractivity contribution in [3.63, 3.8) is 0 Å². The molecule has 1 aliphatic rings. The van der Waals surface area contributed by atoms with Crippen molar-refractivity contribution in [1.29, 1.82) is 0 Å². The summed E-state index contributed by atoms with van der Waals surface area (Å²) in [5, 5.41) is 3.71. The molecule has 0 fully saturated rings. The van der Waals surface area contributed by atoms with Gasteiger partial charge in [-0.3, -0.25) is 0 Å². The third-order valence-electron chi connectivity index (χ3n) is 3.92. The van der Waals surface area contributed by atoms with Gasteiger partial charge in [0, 0.05) is 18.7 Å². The number of nitrogens with zero attached hydrogens (tertiary/aromatic N) is 2. The van der Waals surface area contributed by atoms with Gasteiger partial charge in [0.25, 0.3) is 0 Å². The molecule has 0 N–H and O–H groups in total. The summed E-state index contributed by atoms with van der Waals surface area (Å²) < 4.78 is 10.1. The molecule has 3 rings (SSSR count). The van der Waals surface area contributed by atoms with Gasteiger partial charge in [-0.05, 0) is 18.1 Å². The number of aromatic nitrogens is 1. The van der Waals surface area contributed by atoms with Crippen molar-refractivity contribution in [1.82, 2.24) is 10.1 Å².